The first-order valence-corrected chi connectivity index (χ1v) is 18.5. The van der Waals surface area contributed by atoms with E-state index in [0.29, 0.717) is 6.42 Å². The largest absolute Gasteiger partial charge is 0.481 e. The minimum Gasteiger partial charge on any atom is -0.481 e. The molecular formula is C39H70O4. The molecule has 1 N–H and O–H groups in total. The van der Waals surface area contributed by atoms with Crippen molar-refractivity contribution >= 4 is 11.9 Å². The number of esters is 1. The molecule has 0 aromatic heterocycles. The number of carboxylic acids is 1. The van der Waals surface area contributed by atoms with E-state index in [1.54, 1.807) is 0 Å². The van der Waals surface area contributed by atoms with Crippen LogP contribution in [-0.4, -0.2) is 23.1 Å². The number of rotatable bonds is 33. The number of hydrogen-bond acceptors (Lipinski definition) is 3. The molecule has 1 unspecified atom stereocenters. The Morgan fingerprint density at radius 3 is 1.47 bits per heavy atom. The summed E-state index contributed by atoms with van der Waals surface area (Å²) >= 11 is 0. The minimum absolute atomic E-state index is 0.0185. The molecule has 43 heavy (non-hydrogen) atoms. The van der Waals surface area contributed by atoms with Gasteiger partial charge < -0.3 is 9.84 Å². The molecule has 0 rings (SSSR count). The monoisotopic (exact) mass is 603 g/mol. The molecule has 0 aliphatic rings. The lowest BCUT2D eigenvalue weighted by Gasteiger charge is -2.18. The molecule has 4 nitrogen and oxygen atoms in total. The van der Waals surface area contributed by atoms with Crippen LogP contribution < -0.4 is 0 Å². The van der Waals surface area contributed by atoms with Gasteiger partial charge >= 0.3 is 11.9 Å². The van der Waals surface area contributed by atoms with Crippen LogP contribution in [0.25, 0.3) is 0 Å². The SMILES string of the molecule is CCCCC/C=C\C/C=C\CCCC/C=C\CCCCCCCC(=O)OC(CCCCCC)CCCCCCCC(=O)O. The van der Waals surface area contributed by atoms with Crippen molar-refractivity contribution in [2.24, 2.45) is 0 Å². The van der Waals surface area contributed by atoms with Crippen molar-refractivity contribution in [2.45, 2.75) is 200 Å². The van der Waals surface area contributed by atoms with Crippen molar-refractivity contribution in [3.05, 3.63) is 36.5 Å². The van der Waals surface area contributed by atoms with Crippen LogP contribution in [0, 0.1) is 0 Å². The fourth-order valence-corrected chi connectivity index (χ4v) is 5.33. The number of aliphatic carboxylic acids is 1. The van der Waals surface area contributed by atoms with E-state index in [-0.39, 0.29) is 18.5 Å². The fraction of sp³-hybridized carbons (Fsp3) is 0.795. The molecular weight excluding hydrogens is 532 g/mol. The van der Waals surface area contributed by atoms with Gasteiger partial charge in [0.25, 0.3) is 0 Å². The second kappa shape index (κ2) is 34.6. The van der Waals surface area contributed by atoms with Crippen molar-refractivity contribution in [3.8, 4) is 0 Å². The maximum atomic E-state index is 12.5. The molecule has 0 bridgehead atoms. The Hall–Kier alpha value is -1.84. The van der Waals surface area contributed by atoms with Gasteiger partial charge in [0.15, 0.2) is 0 Å². The first-order valence-electron chi connectivity index (χ1n) is 18.5. The van der Waals surface area contributed by atoms with E-state index in [1.165, 1.54) is 96.3 Å². The second-order valence-corrected chi connectivity index (χ2v) is 12.4. The van der Waals surface area contributed by atoms with E-state index in [4.69, 9.17) is 9.84 Å². The molecule has 0 saturated heterocycles. The average molecular weight is 603 g/mol. The van der Waals surface area contributed by atoms with Gasteiger partial charge in [0.2, 0.25) is 0 Å². The molecule has 0 heterocycles. The van der Waals surface area contributed by atoms with Crippen molar-refractivity contribution in [1.29, 1.82) is 0 Å². The molecule has 0 aliphatic carbocycles. The topological polar surface area (TPSA) is 63.6 Å². The number of carbonyl (C=O) groups is 2. The van der Waals surface area contributed by atoms with Crippen LogP contribution in [0.1, 0.15) is 194 Å². The Labute approximate surface area is 267 Å². The van der Waals surface area contributed by atoms with E-state index in [0.717, 1.165) is 70.6 Å². The summed E-state index contributed by atoms with van der Waals surface area (Å²) in [4.78, 5) is 23.1. The molecule has 4 heteroatoms. The molecule has 1 atom stereocenters. The van der Waals surface area contributed by atoms with Gasteiger partial charge in [-0.3, -0.25) is 9.59 Å². The highest BCUT2D eigenvalue weighted by atomic mass is 16.5. The number of allylic oxidation sites excluding steroid dienone is 6. The van der Waals surface area contributed by atoms with Gasteiger partial charge in [0.05, 0.1) is 0 Å². The molecule has 0 spiro atoms. The Bertz CT molecular complexity index is 693. The van der Waals surface area contributed by atoms with Crippen LogP contribution in [-0.2, 0) is 14.3 Å². The summed E-state index contributed by atoms with van der Waals surface area (Å²) in [6, 6.07) is 0. The number of hydrogen-bond donors (Lipinski definition) is 1. The van der Waals surface area contributed by atoms with E-state index in [1.807, 2.05) is 0 Å². The smallest absolute Gasteiger partial charge is 0.306 e. The average Bonchev–Trinajstić information content (AvgIpc) is 2.99. The Morgan fingerprint density at radius 2 is 0.907 bits per heavy atom. The predicted molar refractivity (Wildman–Crippen MR) is 186 cm³/mol. The van der Waals surface area contributed by atoms with Gasteiger partial charge in [-0.1, -0.05) is 121 Å². The Kier molecular flexibility index (Phi) is 33.2. The van der Waals surface area contributed by atoms with Crippen LogP contribution in [0.4, 0.5) is 0 Å². The van der Waals surface area contributed by atoms with Crippen molar-refractivity contribution in [1.82, 2.24) is 0 Å². The zero-order valence-corrected chi connectivity index (χ0v) is 28.5. The summed E-state index contributed by atoms with van der Waals surface area (Å²) in [7, 11) is 0. The number of carbonyl (C=O) groups excluding carboxylic acids is 1. The predicted octanol–water partition coefficient (Wildman–Crippen LogP) is 12.6. The van der Waals surface area contributed by atoms with Gasteiger partial charge in [0, 0.05) is 12.8 Å². The summed E-state index contributed by atoms with van der Waals surface area (Å²) in [6.45, 7) is 4.47. The summed E-state index contributed by atoms with van der Waals surface area (Å²) in [5, 5.41) is 8.75. The minimum atomic E-state index is -0.705. The zero-order valence-electron chi connectivity index (χ0n) is 28.5. The van der Waals surface area contributed by atoms with Crippen molar-refractivity contribution in [2.75, 3.05) is 0 Å². The molecule has 0 aliphatic heterocycles. The van der Waals surface area contributed by atoms with Crippen LogP contribution >= 0.6 is 0 Å². The lowest BCUT2D eigenvalue weighted by atomic mass is 10.0. The molecule has 0 radical (unpaired) electrons. The van der Waals surface area contributed by atoms with Gasteiger partial charge in [-0.15, -0.1) is 0 Å². The lowest BCUT2D eigenvalue weighted by Crippen LogP contribution is -2.18. The highest BCUT2D eigenvalue weighted by Gasteiger charge is 2.14. The number of unbranched alkanes of at least 4 members (excludes halogenated alkanes) is 18. The molecule has 0 aromatic rings. The van der Waals surface area contributed by atoms with E-state index in [9.17, 15) is 9.59 Å². The first kappa shape index (κ1) is 41.2. The lowest BCUT2D eigenvalue weighted by molar-refractivity contribution is -0.150. The maximum absolute atomic E-state index is 12.5. The Morgan fingerprint density at radius 1 is 0.512 bits per heavy atom. The fourth-order valence-electron chi connectivity index (χ4n) is 5.33. The molecule has 0 aromatic carbocycles. The van der Waals surface area contributed by atoms with E-state index >= 15 is 0 Å². The number of ether oxygens (including phenoxy) is 1. The third kappa shape index (κ3) is 34.5. The summed E-state index contributed by atoms with van der Waals surface area (Å²) in [5.41, 5.74) is 0. The van der Waals surface area contributed by atoms with Gasteiger partial charge in [-0.2, -0.15) is 0 Å². The van der Waals surface area contributed by atoms with Gasteiger partial charge in [0.1, 0.15) is 6.10 Å². The molecule has 250 valence electrons. The Balaban J connectivity index is 3.76. The van der Waals surface area contributed by atoms with Crippen molar-refractivity contribution < 1.29 is 19.4 Å². The zero-order chi connectivity index (χ0) is 31.5. The molecule has 0 amide bonds. The third-order valence-electron chi connectivity index (χ3n) is 8.08. The quantitative estimate of drug-likeness (QED) is 0.0461. The third-order valence-corrected chi connectivity index (χ3v) is 8.08. The van der Waals surface area contributed by atoms with Crippen LogP contribution in [0.2, 0.25) is 0 Å². The van der Waals surface area contributed by atoms with E-state index < -0.39 is 5.97 Å². The first-order chi connectivity index (χ1) is 21.1. The normalized spacial score (nSPS) is 12.6. The standard InChI is InChI=1S/C39H70O4/c1-3-5-7-9-10-11-12-13-14-15-16-17-18-19-20-21-22-23-24-28-32-36-39(42)43-37(33-29-8-6-4-2)34-30-26-25-27-31-35-38(40)41/h10-11,13-14,19-20,37H,3-9,12,15-18,21-36H2,1-2H3,(H,40,41)/b11-10-,14-13-,20-19-. The summed E-state index contributed by atoms with van der Waals surface area (Å²) in [6.07, 6.45) is 44.7. The van der Waals surface area contributed by atoms with E-state index in [2.05, 4.69) is 50.3 Å². The van der Waals surface area contributed by atoms with Crippen molar-refractivity contribution in [3.63, 3.8) is 0 Å². The maximum Gasteiger partial charge on any atom is 0.306 e. The second-order valence-electron chi connectivity index (χ2n) is 12.4. The van der Waals surface area contributed by atoms with Crippen LogP contribution in [0.15, 0.2) is 36.5 Å². The number of carboxylic acid groups (broad SMARTS) is 1. The van der Waals surface area contributed by atoms with Gasteiger partial charge in [-0.25, -0.2) is 0 Å². The summed E-state index contributed by atoms with van der Waals surface area (Å²) in [5.74, 6) is -0.723. The highest BCUT2D eigenvalue weighted by molar-refractivity contribution is 5.69. The van der Waals surface area contributed by atoms with Crippen LogP contribution in [0.3, 0.4) is 0 Å². The molecule has 0 saturated carbocycles. The molecule has 0 fully saturated rings. The van der Waals surface area contributed by atoms with Gasteiger partial charge in [-0.05, 0) is 96.3 Å². The summed E-state index contributed by atoms with van der Waals surface area (Å²) < 4.78 is 5.90. The van der Waals surface area contributed by atoms with Crippen LogP contribution in [0.5, 0.6) is 0 Å². The highest BCUT2D eigenvalue weighted by Crippen LogP contribution is 2.18.